The van der Waals surface area contributed by atoms with Gasteiger partial charge in [0, 0.05) is 12.2 Å². The summed E-state index contributed by atoms with van der Waals surface area (Å²) >= 11 is 0. The minimum absolute atomic E-state index is 0.0860. The van der Waals surface area contributed by atoms with E-state index in [-0.39, 0.29) is 12.2 Å². The maximum Gasteiger partial charge on any atom is 0.411 e. The Morgan fingerprint density at radius 3 is 2.70 bits per heavy atom. The monoisotopic (exact) mass is 276 g/mol. The molecule has 0 aliphatic carbocycles. The Morgan fingerprint density at radius 2 is 2.00 bits per heavy atom. The van der Waals surface area contributed by atoms with E-state index in [0.717, 1.165) is 30.9 Å². The van der Waals surface area contributed by atoms with Crippen LogP contribution in [0, 0.1) is 6.92 Å². The summed E-state index contributed by atoms with van der Waals surface area (Å²) in [6.07, 6.45) is 3.37. The third-order valence-corrected chi connectivity index (χ3v) is 3.65. The fourth-order valence-corrected chi connectivity index (χ4v) is 2.58. The van der Waals surface area contributed by atoms with Crippen molar-refractivity contribution in [3.8, 4) is 0 Å². The molecule has 1 fully saturated rings. The molecule has 0 unspecified atom stereocenters. The van der Waals surface area contributed by atoms with Gasteiger partial charge in [-0.05, 0) is 51.4 Å². The van der Waals surface area contributed by atoms with Crippen LogP contribution in [-0.2, 0) is 4.74 Å². The van der Waals surface area contributed by atoms with Crippen LogP contribution in [-0.4, -0.2) is 36.7 Å². The van der Waals surface area contributed by atoms with Gasteiger partial charge >= 0.3 is 6.09 Å². The van der Waals surface area contributed by atoms with Crippen LogP contribution in [0.4, 0.5) is 10.5 Å². The van der Waals surface area contributed by atoms with Crippen molar-refractivity contribution in [2.75, 3.05) is 25.0 Å². The number of piperidine rings is 1. The molecule has 1 N–H and O–H groups in total. The first-order chi connectivity index (χ1) is 9.65. The molecular formula is C16H24N2O2. The number of amides is 1. The molecule has 0 saturated carbocycles. The molecule has 0 aromatic heterocycles. The number of rotatable bonds is 4. The second-order valence-corrected chi connectivity index (χ2v) is 5.52. The Bertz CT molecular complexity index is 442. The van der Waals surface area contributed by atoms with Gasteiger partial charge in [0.1, 0.15) is 6.10 Å². The predicted octanol–water partition coefficient (Wildman–Crippen LogP) is 3.42. The van der Waals surface area contributed by atoms with Crippen LogP contribution in [0.2, 0.25) is 0 Å². The van der Waals surface area contributed by atoms with E-state index in [0.29, 0.717) is 0 Å². The van der Waals surface area contributed by atoms with Crippen molar-refractivity contribution >= 4 is 11.8 Å². The number of aryl methyl sites for hydroxylation is 1. The number of anilines is 1. The second kappa shape index (κ2) is 7.29. The number of hydrogen-bond acceptors (Lipinski definition) is 3. The van der Waals surface area contributed by atoms with E-state index in [2.05, 4.69) is 10.2 Å². The van der Waals surface area contributed by atoms with Gasteiger partial charge in [0.15, 0.2) is 0 Å². The third kappa shape index (κ3) is 4.53. The van der Waals surface area contributed by atoms with E-state index >= 15 is 0 Å². The van der Waals surface area contributed by atoms with Crippen LogP contribution >= 0.6 is 0 Å². The van der Waals surface area contributed by atoms with Gasteiger partial charge < -0.3 is 4.74 Å². The summed E-state index contributed by atoms with van der Waals surface area (Å²) in [5, 5.41) is 2.80. The highest BCUT2D eigenvalue weighted by Gasteiger charge is 2.16. The van der Waals surface area contributed by atoms with Crippen LogP contribution in [0.15, 0.2) is 24.3 Å². The lowest BCUT2D eigenvalue weighted by atomic mass is 10.1. The quantitative estimate of drug-likeness (QED) is 0.916. The molecule has 20 heavy (non-hydrogen) atoms. The summed E-state index contributed by atoms with van der Waals surface area (Å²) in [6.45, 7) is 6.97. The van der Waals surface area contributed by atoms with E-state index in [1.165, 1.54) is 19.3 Å². The summed E-state index contributed by atoms with van der Waals surface area (Å²) in [4.78, 5) is 14.2. The maximum absolute atomic E-state index is 11.9. The SMILES string of the molecule is Cc1ccccc1NC(=O)O[C@@H](C)CN1CCCCC1. The molecule has 110 valence electrons. The molecule has 1 amide bonds. The number of hydrogen-bond donors (Lipinski definition) is 1. The van der Waals surface area contributed by atoms with Crippen LogP contribution in [0.3, 0.4) is 0 Å². The number of para-hydroxylation sites is 1. The largest absolute Gasteiger partial charge is 0.445 e. The van der Waals surface area contributed by atoms with Gasteiger partial charge in [0.2, 0.25) is 0 Å². The van der Waals surface area contributed by atoms with E-state index in [1.54, 1.807) is 0 Å². The van der Waals surface area contributed by atoms with Crippen LogP contribution < -0.4 is 5.32 Å². The second-order valence-electron chi connectivity index (χ2n) is 5.52. The van der Waals surface area contributed by atoms with Gasteiger partial charge in [-0.2, -0.15) is 0 Å². The highest BCUT2D eigenvalue weighted by molar-refractivity contribution is 5.85. The van der Waals surface area contributed by atoms with Crippen molar-refractivity contribution in [2.24, 2.45) is 0 Å². The smallest absolute Gasteiger partial charge is 0.411 e. The van der Waals surface area contributed by atoms with Crippen molar-refractivity contribution in [1.29, 1.82) is 0 Å². The van der Waals surface area contributed by atoms with Crippen molar-refractivity contribution in [3.05, 3.63) is 29.8 Å². The Morgan fingerprint density at radius 1 is 1.30 bits per heavy atom. The standard InChI is InChI=1S/C16H24N2O2/c1-13-8-4-5-9-15(13)17-16(19)20-14(2)12-18-10-6-3-7-11-18/h4-5,8-9,14H,3,6-7,10-12H2,1-2H3,(H,17,19)/t14-/m0/s1. The lowest BCUT2D eigenvalue weighted by Gasteiger charge is -2.28. The Kier molecular flexibility index (Phi) is 5.41. The molecule has 1 saturated heterocycles. The lowest BCUT2D eigenvalue weighted by molar-refractivity contribution is 0.0833. The molecule has 1 atom stereocenters. The van der Waals surface area contributed by atoms with Crippen molar-refractivity contribution in [1.82, 2.24) is 4.90 Å². The molecule has 4 heteroatoms. The van der Waals surface area contributed by atoms with Gasteiger partial charge in [-0.15, -0.1) is 0 Å². The molecular weight excluding hydrogens is 252 g/mol. The molecule has 0 bridgehead atoms. The topological polar surface area (TPSA) is 41.6 Å². The van der Waals surface area contributed by atoms with Crippen molar-refractivity contribution < 1.29 is 9.53 Å². The number of carbonyl (C=O) groups excluding carboxylic acids is 1. The average Bonchev–Trinajstić information content (AvgIpc) is 2.42. The Hall–Kier alpha value is -1.55. The highest BCUT2D eigenvalue weighted by Crippen LogP contribution is 2.14. The average molecular weight is 276 g/mol. The van der Waals surface area contributed by atoms with E-state index in [9.17, 15) is 4.79 Å². The molecule has 1 heterocycles. The van der Waals surface area contributed by atoms with Gasteiger partial charge in [-0.3, -0.25) is 10.2 Å². The van der Waals surface area contributed by atoms with Gasteiger partial charge in [0.25, 0.3) is 0 Å². The predicted molar refractivity (Wildman–Crippen MR) is 81.0 cm³/mol. The zero-order chi connectivity index (χ0) is 14.4. The fraction of sp³-hybridized carbons (Fsp3) is 0.562. The first-order valence-electron chi connectivity index (χ1n) is 7.41. The highest BCUT2D eigenvalue weighted by atomic mass is 16.6. The zero-order valence-corrected chi connectivity index (χ0v) is 12.4. The number of nitrogens with zero attached hydrogens (tertiary/aromatic N) is 1. The van der Waals surface area contributed by atoms with Crippen molar-refractivity contribution in [3.63, 3.8) is 0 Å². The Labute approximate surface area is 121 Å². The molecule has 1 aliphatic rings. The van der Waals surface area contributed by atoms with Crippen LogP contribution in [0.25, 0.3) is 0 Å². The number of nitrogens with one attached hydrogen (secondary N) is 1. The normalized spacial score (nSPS) is 17.5. The number of carbonyl (C=O) groups is 1. The maximum atomic E-state index is 11.9. The molecule has 0 radical (unpaired) electrons. The van der Waals surface area contributed by atoms with Gasteiger partial charge in [-0.25, -0.2) is 4.79 Å². The zero-order valence-electron chi connectivity index (χ0n) is 12.4. The van der Waals surface area contributed by atoms with E-state index in [4.69, 9.17) is 4.74 Å². The fourth-order valence-electron chi connectivity index (χ4n) is 2.58. The minimum Gasteiger partial charge on any atom is -0.445 e. The first-order valence-corrected chi connectivity index (χ1v) is 7.41. The summed E-state index contributed by atoms with van der Waals surface area (Å²) in [5.41, 5.74) is 1.84. The minimum atomic E-state index is -0.371. The first kappa shape index (κ1) is 14.9. The Balaban J connectivity index is 1.77. The van der Waals surface area contributed by atoms with Crippen LogP contribution in [0.1, 0.15) is 31.7 Å². The van der Waals surface area contributed by atoms with Crippen LogP contribution in [0.5, 0.6) is 0 Å². The molecule has 1 aromatic rings. The van der Waals surface area contributed by atoms with Gasteiger partial charge in [0.05, 0.1) is 0 Å². The molecule has 1 aromatic carbocycles. The number of ether oxygens (including phenoxy) is 1. The summed E-state index contributed by atoms with van der Waals surface area (Å²) in [6, 6.07) is 7.70. The van der Waals surface area contributed by atoms with E-state index < -0.39 is 0 Å². The van der Waals surface area contributed by atoms with Gasteiger partial charge in [-0.1, -0.05) is 24.6 Å². The summed E-state index contributed by atoms with van der Waals surface area (Å²) < 4.78 is 5.42. The molecule has 2 rings (SSSR count). The lowest BCUT2D eigenvalue weighted by Crippen LogP contribution is -2.37. The molecule has 1 aliphatic heterocycles. The molecule has 4 nitrogen and oxygen atoms in total. The number of likely N-dealkylation sites (tertiary alicyclic amines) is 1. The summed E-state index contributed by atoms with van der Waals surface area (Å²) in [7, 11) is 0. The number of benzene rings is 1. The summed E-state index contributed by atoms with van der Waals surface area (Å²) in [5.74, 6) is 0. The van der Waals surface area contributed by atoms with E-state index in [1.807, 2.05) is 38.1 Å². The molecule has 0 spiro atoms. The van der Waals surface area contributed by atoms with Crippen molar-refractivity contribution in [2.45, 2.75) is 39.2 Å². The third-order valence-electron chi connectivity index (χ3n) is 3.65.